The van der Waals surface area contributed by atoms with E-state index in [4.69, 9.17) is 22.0 Å². The van der Waals surface area contributed by atoms with Gasteiger partial charge in [0.05, 0.1) is 22.3 Å². The molecule has 1 aromatic rings. The summed E-state index contributed by atoms with van der Waals surface area (Å²) in [7, 11) is 1.63. The van der Waals surface area contributed by atoms with Crippen LogP contribution in [-0.4, -0.2) is 24.7 Å². The van der Waals surface area contributed by atoms with E-state index in [0.29, 0.717) is 16.3 Å². The van der Waals surface area contributed by atoms with Crippen LogP contribution in [0.4, 0.5) is 5.69 Å². The van der Waals surface area contributed by atoms with Gasteiger partial charge in [-0.05, 0) is 18.2 Å². The summed E-state index contributed by atoms with van der Waals surface area (Å²) >= 11 is 5.90. The van der Waals surface area contributed by atoms with Crippen molar-refractivity contribution in [1.82, 2.24) is 0 Å². The Bertz CT molecular complexity index is 426. The third-order valence-electron chi connectivity index (χ3n) is 1.86. The van der Waals surface area contributed by atoms with Crippen LogP contribution in [0, 0.1) is 11.3 Å². The maximum atomic E-state index is 10.5. The van der Waals surface area contributed by atoms with E-state index in [1.807, 2.05) is 6.07 Å². The number of nitriles is 1. The topological polar surface area (TPSA) is 64.3 Å². The quantitative estimate of drug-likeness (QED) is 0.849. The number of benzene rings is 1. The lowest BCUT2D eigenvalue weighted by Crippen LogP contribution is -2.25. The minimum absolute atomic E-state index is 0.133. The second-order valence-corrected chi connectivity index (χ2v) is 3.43. The molecule has 78 valence electrons. The summed E-state index contributed by atoms with van der Waals surface area (Å²) in [5.41, 5.74) is 1.05. The van der Waals surface area contributed by atoms with Crippen molar-refractivity contribution in [2.45, 2.75) is 0 Å². The van der Waals surface area contributed by atoms with Gasteiger partial charge in [-0.3, -0.25) is 4.79 Å². The number of aliphatic carboxylic acids is 1. The fourth-order valence-electron chi connectivity index (χ4n) is 1.17. The van der Waals surface area contributed by atoms with Crippen molar-refractivity contribution in [3.63, 3.8) is 0 Å². The Morgan fingerprint density at radius 2 is 2.33 bits per heavy atom. The van der Waals surface area contributed by atoms with Gasteiger partial charge in [0.25, 0.3) is 0 Å². The van der Waals surface area contributed by atoms with E-state index in [1.54, 1.807) is 19.2 Å². The lowest BCUT2D eigenvalue weighted by Gasteiger charge is -2.17. The number of rotatable bonds is 3. The van der Waals surface area contributed by atoms with Crippen LogP contribution in [0.3, 0.4) is 0 Å². The van der Waals surface area contributed by atoms with Crippen molar-refractivity contribution in [3.05, 3.63) is 28.8 Å². The summed E-state index contributed by atoms with van der Waals surface area (Å²) in [4.78, 5) is 12.0. The summed E-state index contributed by atoms with van der Waals surface area (Å²) < 4.78 is 0. The lowest BCUT2D eigenvalue weighted by atomic mass is 10.2. The number of hydrogen-bond donors (Lipinski definition) is 1. The van der Waals surface area contributed by atoms with Crippen molar-refractivity contribution in [2.75, 3.05) is 18.5 Å². The fraction of sp³-hybridized carbons (Fsp3) is 0.200. The molecular formula is C10H9ClN2O2. The first-order chi connectivity index (χ1) is 7.04. The largest absolute Gasteiger partial charge is 0.480 e. The maximum absolute atomic E-state index is 10.5. The van der Waals surface area contributed by atoms with Gasteiger partial charge in [-0.15, -0.1) is 0 Å². The summed E-state index contributed by atoms with van der Waals surface area (Å²) in [5.74, 6) is -0.932. The Morgan fingerprint density at radius 1 is 1.67 bits per heavy atom. The van der Waals surface area contributed by atoms with E-state index in [9.17, 15) is 4.79 Å². The highest BCUT2D eigenvalue weighted by molar-refractivity contribution is 6.33. The number of carboxylic acid groups (broad SMARTS) is 1. The van der Waals surface area contributed by atoms with Gasteiger partial charge in [-0.25, -0.2) is 0 Å². The Balaban J connectivity index is 2.96. The molecule has 0 aromatic heterocycles. The summed E-state index contributed by atoms with van der Waals surface area (Å²) in [6.45, 7) is -0.133. The van der Waals surface area contributed by atoms with Gasteiger partial charge in [-0.1, -0.05) is 11.6 Å². The van der Waals surface area contributed by atoms with E-state index in [-0.39, 0.29) is 6.54 Å². The summed E-state index contributed by atoms with van der Waals surface area (Å²) in [6.07, 6.45) is 0. The van der Waals surface area contributed by atoms with Crippen LogP contribution in [0.25, 0.3) is 0 Å². The molecule has 0 aliphatic carbocycles. The number of carboxylic acids is 1. The van der Waals surface area contributed by atoms with Gasteiger partial charge >= 0.3 is 5.97 Å². The SMILES string of the molecule is CN(CC(=O)O)c1ccc(C#N)cc1Cl. The highest BCUT2D eigenvalue weighted by Crippen LogP contribution is 2.25. The molecule has 1 aromatic carbocycles. The first-order valence-corrected chi connectivity index (χ1v) is 4.55. The lowest BCUT2D eigenvalue weighted by molar-refractivity contribution is -0.135. The zero-order valence-electron chi connectivity index (χ0n) is 8.07. The number of carbonyl (C=O) groups is 1. The third kappa shape index (κ3) is 2.86. The standard InChI is InChI=1S/C10H9ClN2O2/c1-13(6-10(14)15)9-3-2-7(5-12)4-8(9)11/h2-4H,6H2,1H3,(H,14,15). The highest BCUT2D eigenvalue weighted by atomic mass is 35.5. The molecular weight excluding hydrogens is 216 g/mol. The second kappa shape index (κ2) is 4.67. The molecule has 0 bridgehead atoms. The van der Waals surface area contributed by atoms with Crippen LogP contribution in [0.1, 0.15) is 5.56 Å². The molecule has 5 heteroatoms. The van der Waals surface area contributed by atoms with Crippen LogP contribution in [0.2, 0.25) is 5.02 Å². The third-order valence-corrected chi connectivity index (χ3v) is 2.16. The van der Waals surface area contributed by atoms with E-state index >= 15 is 0 Å². The molecule has 0 unspecified atom stereocenters. The van der Waals surface area contributed by atoms with E-state index in [0.717, 1.165) is 0 Å². The van der Waals surface area contributed by atoms with E-state index < -0.39 is 5.97 Å². The minimum Gasteiger partial charge on any atom is -0.480 e. The molecule has 0 aliphatic heterocycles. The Morgan fingerprint density at radius 3 is 2.80 bits per heavy atom. The zero-order chi connectivity index (χ0) is 11.4. The van der Waals surface area contributed by atoms with Gasteiger partial charge in [-0.2, -0.15) is 5.26 Å². The average Bonchev–Trinajstić information content (AvgIpc) is 2.16. The molecule has 0 atom stereocenters. The Labute approximate surface area is 92.3 Å². The summed E-state index contributed by atoms with van der Waals surface area (Å²) in [6, 6.07) is 6.69. The zero-order valence-corrected chi connectivity index (χ0v) is 8.82. The molecule has 4 nitrogen and oxygen atoms in total. The number of hydrogen-bond acceptors (Lipinski definition) is 3. The van der Waals surface area contributed by atoms with Gasteiger partial charge in [0.1, 0.15) is 6.54 Å². The van der Waals surface area contributed by atoms with Gasteiger partial charge < -0.3 is 10.0 Å². The van der Waals surface area contributed by atoms with Crippen molar-refractivity contribution in [1.29, 1.82) is 5.26 Å². The van der Waals surface area contributed by atoms with E-state index in [2.05, 4.69) is 0 Å². The van der Waals surface area contributed by atoms with Crippen LogP contribution < -0.4 is 4.90 Å². The first kappa shape index (κ1) is 11.3. The van der Waals surface area contributed by atoms with Crippen LogP contribution in [0.15, 0.2) is 18.2 Å². The molecule has 15 heavy (non-hydrogen) atoms. The minimum atomic E-state index is -0.932. The molecule has 1 N–H and O–H groups in total. The molecule has 0 saturated heterocycles. The number of anilines is 1. The fourth-order valence-corrected chi connectivity index (χ4v) is 1.50. The van der Waals surface area contributed by atoms with Crippen LogP contribution in [-0.2, 0) is 4.79 Å². The number of likely N-dealkylation sites (N-methyl/N-ethyl adjacent to an activating group) is 1. The van der Waals surface area contributed by atoms with Gasteiger partial charge in [0.15, 0.2) is 0 Å². The molecule has 1 rings (SSSR count). The molecule has 0 amide bonds. The maximum Gasteiger partial charge on any atom is 0.323 e. The summed E-state index contributed by atoms with van der Waals surface area (Å²) in [5, 5.41) is 17.6. The van der Waals surface area contributed by atoms with Crippen molar-refractivity contribution in [3.8, 4) is 6.07 Å². The van der Waals surface area contributed by atoms with Gasteiger partial charge in [0, 0.05) is 7.05 Å². The first-order valence-electron chi connectivity index (χ1n) is 4.17. The van der Waals surface area contributed by atoms with Gasteiger partial charge in [0.2, 0.25) is 0 Å². The Hall–Kier alpha value is -1.73. The predicted octanol–water partition coefficient (Wildman–Crippen LogP) is 1.73. The smallest absolute Gasteiger partial charge is 0.323 e. The number of nitrogens with zero attached hydrogens (tertiary/aromatic N) is 2. The predicted molar refractivity (Wildman–Crippen MR) is 57.1 cm³/mol. The molecule has 0 radical (unpaired) electrons. The number of halogens is 1. The highest BCUT2D eigenvalue weighted by Gasteiger charge is 2.09. The normalized spacial score (nSPS) is 9.40. The van der Waals surface area contributed by atoms with Crippen molar-refractivity contribution < 1.29 is 9.90 Å². The van der Waals surface area contributed by atoms with Crippen LogP contribution in [0.5, 0.6) is 0 Å². The Kier molecular flexibility index (Phi) is 3.53. The molecule has 0 spiro atoms. The van der Waals surface area contributed by atoms with Crippen molar-refractivity contribution in [2.24, 2.45) is 0 Å². The molecule has 0 saturated carbocycles. The second-order valence-electron chi connectivity index (χ2n) is 3.03. The molecule has 0 fully saturated rings. The van der Waals surface area contributed by atoms with E-state index in [1.165, 1.54) is 11.0 Å². The monoisotopic (exact) mass is 224 g/mol. The van der Waals surface area contributed by atoms with Crippen LogP contribution >= 0.6 is 11.6 Å². The molecule has 0 aliphatic rings. The average molecular weight is 225 g/mol. The molecule has 0 heterocycles. The van der Waals surface area contributed by atoms with Crippen molar-refractivity contribution >= 4 is 23.3 Å².